The van der Waals surface area contributed by atoms with Crippen LogP contribution in [0.15, 0.2) is 30.3 Å². The molecule has 1 atom stereocenters. The zero-order chi connectivity index (χ0) is 17.2. The molecule has 3 heterocycles. The molecular formula is C20H25N3O2. The van der Waals surface area contributed by atoms with Gasteiger partial charge in [-0.3, -0.25) is 9.59 Å². The summed E-state index contributed by atoms with van der Waals surface area (Å²) in [6.07, 6.45) is 5.23. The summed E-state index contributed by atoms with van der Waals surface area (Å²) >= 11 is 0. The maximum absolute atomic E-state index is 12.9. The molecule has 25 heavy (non-hydrogen) atoms. The Balaban J connectivity index is 1.46. The summed E-state index contributed by atoms with van der Waals surface area (Å²) < 4.78 is 0. The van der Waals surface area contributed by atoms with E-state index < -0.39 is 0 Å². The van der Waals surface area contributed by atoms with Gasteiger partial charge in [0.25, 0.3) is 5.91 Å². The van der Waals surface area contributed by atoms with Gasteiger partial charge >= 0.3 is 0 Å². The molecule has 0 spiro atoms. The number of carbonyl (C=O) groups is 2. The fraction of sp³-hybridized carbons (Fsp3) is 0.500. The minimum atomic E-state index is -0.0415. The molecule has 2 aromatic rings. The van der Waals surface area contributed by atoms with Crippen LogP contribution in [0.25, 0.3) is 10.9 Å². The number of nitrogens with zero attached hydrogens (tertiary/aromatic N) is 2. The lowest BCUT2D eigenvalue weighted by molar-refractivity contribution is -0.137. The van der Waals surface area contributed by atoms with Gasteiger partial charge in [-0.15, -0.1) is 0 Å². The molecular weight excluding hydrogens is 314 g/mol. The van der Waals surface area contributed by atoms with E-state index in [1.165, 1.54) is 6.42 Å². The third-order valence-corrected chi connectivity index (χ3v) is 5.49. The van der Waals surface area contributed by atoms with E-state index in [1.54, 1.807) is 0 Å². The Morgan fingerprint density at radius 3 is 2.52 bits per heavy atom. The summed E-state index contributed by atoms with van der Waals surface area (Å²) in [5, 5.41) is 1.05. The van der Waals surface area contributed by atoms with Gasteiger partial charge in [-0.05, 0) is 44.2 Å². The molecule has 0 aliphatic carbocycles. The van der Waals surface area contributed by atoms with Crippen LogP contribution < -0.4 is 0 Å². The Morgan fingerprint density at radius 2 is 1.72 bits per heavy atom. The number of hydrogen-bond acceptors (Lipinski definition) is 2. The minimum absolute atomic E-state index is 0.00680. The number of aromatic nitrogens is 1. The van der Waals surface area contributed by atoms with Crippen molar-refractivity contribution in [3.63, 3.8) is 0 Å². The number of amides is 2. The highest BCUT2D eigenvalue weighted by Gasteiger charge is 2.32. The normalized spacial score (nSPS) is 21.5. The van der Waals surface area contributed by atoms with Crippen LogP contribution in [0.2, 0.25) is 0 Å². The SMILES string of the molecule is O=C(c1cc2ccccc2[nH]1)N1CCC[C@@H](C(=O)N2CCCCC2)C1. The van der Waals surface area contributed by atoms with Crippen molar-refractivity contribution in [1.29, 1.82) is 0 Å². The smallest absolute Gasteiger partial charge is 0.270 e. The van der Waals surface area contributed by atoms with Crippen LogP contribution in [0, 0.1) is 5.92 Å². The van der Waals surface area contributed by atoms with Crippen molar-refractivity contribution in [2.75, 3.05) is 26.2 Å². The van der Waals surface area contributed by atoms with Gasteiger partial charge in [-0.1, -0.05) is 18.2 Å². The highest BCUT2D eigenvalue weighted by molar-refractivity contribution is 5.98. The molecule has 0 saturated carbocycles. The molecule has 1 N–H and O–H groups in total. The minimum Gasteiger partial charge on any atom is -0.351 e. The topological polar surface area (TPSA) is 56.4 Å². The van der Waals surface area contributed by atoms with Crippen LogP contribution >= 0.6 is 0 Å². The van der Waals surface area contributed by atoms with Gasteiger partial charge in [-0.2, -0.15) is 0 Å². The number of benzene rings is 1. The van der Waals surface area contributed by atoms with E-state index in [-0.39, 0.29) is 17.7 Å². The fourth-order valence-electron chi connectivity index (χ4n) is 4.09. The van der Waals surface area contributed by atoms with E-state index in [0.29, 0.717) is 12.2 Å². The van der Waals surface area contributed by atoms with Gasteiger partial charge in [0.2, 0.25) is 5.91 Å². The average molecular weight is 339 g/mol. The number of rotatable bonds is 2. The second kappa shape index (κ2) is 6.90. The molecule has 2 amide bonds. The van der Waals surface area contributed by atoms with Crippen molar-refractivity contribution < 1.29 is 9.59 Å². The van der Waals surface area contributed by atoms with Crippen LogP contribution in [0.1, 0.15) is 42.6 Å². The molecule has 2 fully saturated rings. The second-order valence-corrected chi connectivity index (χ2v) is 7.25. The number of carbonyl (C=O) groups excluding carboxylic acids is 2. The summed E-state index contributed by atoms with van der Waals surface area (Å²) in [6.45, 7) is 3.04. The maximum Gasteiger partial charge on any atom is 0.270 e. The molecule has 0 unspecified atom stereocenters. The number of para-hydroxylation sites is 1. The van der Waals surface area contributed by atoms with Crippen molar-refractivity contribution in [3.05, 3.63) is 36.0 Å². The molecule has 1 aromatic carbocycles. The van der Waals surface area contributed by atoms with Gasteiger partial charge in [-0.25, -0.2) is 0 Å². The summed E-state index contributed by atoms with van der Waals surface area (Å²) in [7, 11) is 0. The molecule has 0 bridgehead atoms. The second-order valence-electron chi connectivity index (χ2n) is 7.25. The molecule has 1 aromatic heterocycles. The third-order valence-electron chi connectivity index (χ3n) is 5.49. The van der Waals surface area contributed by atoms with E-state index in [9.17, 15) is 9.59 Å². The number of piperidine rings is 2. The summed E-state index contributed by atoms with van der Waals surface area (Å²) in [5.74, 6) is 0.210. The average Bonchev–Trinajstić information content (AvgIpc) is 3.12. The lowest BCUT2D eigenvalue weighted by atomic mass is 9.95. The molecule has 2 aliphatic heterocycles. The molecule has 2 aliphatic rings. The van der Waals surface area contributed by atoms with Crippen LogP contribution in [0.4, 0.5) is 0 Å². The van der Waals surface area contributed by atoms with Crippen molar-refractivity contribution in [1.82, 2.24) is 14.8 Å². The molecule has 132 valence electrons. The van der Waals surface area contributed by atoms with Gasteiger partial charge in [0, 0.05) is 37.1 Å². The quantitative estimate of drug-likeness (QED) is 0.914. The third kappa shape index (κ3) is 3.28. The fourth-order valence-corrected chi connectivity index (χ4v) is 4.09. The summed E-state index contributed by atoms with van der Waals surface area (Å²) in [4.78, 5) is 32.7. The first kappa shape index (κ1) is 16.2. The molecule has 5 nitrogen and oxygen atoms in total. The Bertz CT molecular complexity index is 743. The van der Waals surface area contributed by atoms with Crippen molar-refractivity contribution in [2.24, 2.45) is 5.92 Å². The number of aromatic amines is 1. The molecule has 4 rings (SSSR count). The summed E-state index contributed by atoms with van der Waals surface area (Å²) in [5.41, 5.74) is 1.59. The molecule has 5 heteroatoms. The molecule has 0 radical (unpaired) electrons. The maximum atomic E-state index is 12.9. The van der Waals surface area contributed by atoms with Crippen molar-refractivity contribution in [3.8, 4) is 0 Å². The molecule has 2 saturated heterocycles. The van der Waals surface area contributed by atoms with Crippen molar-refractivity contribution in [2.45, 2.75) is 32.1 Å². The Hall–Kier alpha value is -2.30. The monoisotopic (exact) mass is 339 g/mol. The Morgan fingerprint density at radius 1 is 0.960 bits per heavy atom. The van der Waals surface area contributed by atoms with Crippen LogP contribution in [0.5, 0.6) is 0 Å². The largest absolute Gasteiger partial charge is 0.351 e. The first-order valence-electron chi connectivity index (χ1n) is 9.38. The number of nitrogens with one attached hydrogen (secondary N) is 1. The van der Waals surface area contributed by atoms with E-state index in [1.807, 2.05) is 40.1 Å². The van der Waals surface area contributed by atoms with Gasteiger partial charge in [0.1, 0.15) is 5.69 Å². The van der Waals surface area contributed by atoms with Crippen molar-refractivity contribution >= 4 is 22.7 Å². The lowest BCUT2D eigenvalue weighted by Gasteiger charge is -2.36. The Labute approximate surface area is 148 Å². The lowest BCUT2D eigenvalue weighted by Crippen LogP contribution is -2.48. The summed E-state index contributed by atoms with van der Waals surface area (Å²) in [6, 6.07) is 9.82. The van der Waals surface area contributed by atoms with E-state index in [0.717, 1.165) is 56.2 Å². The number of hydrogen-bond donors (Lipinski definition) is 1. The van der Waals surface area contributed by atoms with Gasteiger partial charge in [0.15, 0.2) is 0 Å². The first-order valence-corrected chi connectivity index (χ1v) is 9.38. The van der Waals surface area contributed by atoms with Crippen LogP contribution in [0.3, 0.4) is 0 Å². The van der Waals surface area contributed by atoms with Crippen LogP contribution in [-0.2, 0) is 4.79 Å². The van der Waals surface area contributed by atoms with Crippen LogP contribution in [-0.4, -0.2) is 52.8 Å². The number of fused-ring (bicyclic) bond motifs is 1. The Kier molecular flexibility index (Phi) is 4.47. The first-order chi connectivity index (χ1) is 12.2. The highest BCUT2D eigenvalue weighted by atomic mass is 16.2. The van der Waals surface area contributed by atoms with Gasteiger partial charge in [0.05, 0.1) is 5.92 Å². The zero-order valence-corrected chi connectivity index (χ0v) is 14.5. The predicted octanol–water partition coefficient (Wildman–Crippen LogP) is 3.03. The number of likely N-dealkylation sites (tertiary alicyclic amines) is 2. The predicted molar refractivity (Wildman–Crippen MR) is 97.4 cm³/mol. The van der Waals surface area contributed by atoms with E-state index in [2.05, 4.69) is 4.98 Å². The standard InChI is InChI=1S/C20H25N3O2/c24-19(22-10-4-1-5-11-22)16-8-6-12-23(14-16)20(25)18-13-15-7-2-3-9-17(15)21-18/h2-3,7,9,13,16,21H,1,4-6,8,10-12,14H2/t16-/m1/s1. The van der Waals surface area contributed by atoms with E-state index >= 15 is 0 Å². The van der Waals surface area contributed by atoms with E-state index in [4.69, 9.17) is 0 Å². The zero-order valence-electron chi connectivity index (χ0n) is 14.5. The number of H-pyrrole nitrogens is 1. The highest BCUT2D eigenvalue weighted by Crippen LogP contribution is 2.23. The van der Waals surface area contributed by atoms with Gasteiger partial charge < -0.3 is 14.8 Å².